The van der Waals surface area contributed by atoms with Crippen molar-refractivity contribution in [3.63, 3.8) is 0 Å². The Balaban J connectivity index is 1.24. The van der Waals surface area contributed by atoms with E-state index in [2.05, 4.69) is 170 Å². The van der Waals surface area contributed by atoms with Crippen LogP contribution in [0, 0.1) is 0 Å². The zero-order valence-corrected chi connectivity index (χ0v) is 32.1. The SMILES string of the molecule is CCCCCCC1(CCCCC)c2ccccc2-c2cc3c4ccccc4n(-c4cccc(-c5nc(-c6ccccc6)cc(-c6ccccc6)n5)c4)c3cc21. The van der Waals surface area contributed by atoms with Crippen molar-refractivity contribution in [3.8, 4) is 50.7 Å². The molecule has 0 saturated carbocycles. The molecule has 0 spiro atoms. The predicted octanol–water partition coefficient (Wildman–Crippen LogP) is 14.4. The molecule has 0 amide bonds. The molecule has 3 nitrogen and oxygen atoms in total. The number of fused-ring (bicyclic) bond motifs is 6. The first kappa shape index (κ1) is 34.9. The van der Waals surface area contributed by atoms with Crippen molar-refractivity contribution in [2.75, 3.05) is 0 Å². The molecule has 1 aliphatic rings. The summed E-state index contributed by atoms with van der Waals surface area (Å²) in [4.78, 5) is 10.4. The lowest BCUT2D eigenvalue weighted by Gasteiger charge is -2.33. The minimum Gasteiger partial charge on any atom is -0.309 e. The molecular formula is C52H49N3. The van der Waals surface area contributed by atoms with E-state index in [1.165, 1.54) is 102 Å². The molecule has 0 bridgehead atoms. The van der Waals surface area contributed by atoms with Gasteiger partial charge in [-0.2, -0.15) is 0 Å². The van der Waals surface area contributed by atoms with Crippen LogP contribution < -0.4 is 0 Å². The van der Waals surface area contributed by atoms with E-state index in [-0.39, 0.29) is 5.41 Å². The number of nitrogens with zero attached hydrogens (tertiary/aromatic N) is 3. The minimum atomic E-state index is 0.0196. The first-order valence-corrected chi connectivity index (χ1v) is 20.5. The molecular weight excluding hydrogens is 667 g/mol. The molecule has 55 heavy (non-hydrogen) atoms. The molecule has 0 N–H and O–H groups in total. The van der Waals surface area contributed by atoms with Crippen LogP contribution in [-0.4, -0.2) is 14.5 Å². The number of aromatic nitrogens is 3. The zero-order valence-electron chi connectivity index (χ0n) is 32.1. The van der Waals surface area contributed by atoms with Gasteiger partial charge in [-0.05, 0) is 71.5 Å². The van der Waals surface area contributed by atoms with Crippen LogP contribution in [0.15, 0.2) is 152 Å². The number of hydrogen-bond acceptors (Lipinski definition) is 2. The van der Waals surface area contributed by atoms with Crippen molar-refractivity contribution in [1.29, 1.82) is 0 Å². The molecule has 2 heterocycles. The van der Waals surface area contributed by atoms with Crippen molar-refractivity contribution in [1.82, 2.24) is 14.5 Å². The normalized spacial score (nSPS) is 14.7. The quantitative estimate of drug-likeness (QED) is 0.111. The summed E-state index contributed by atoms with van der Waals surface area (Å²) in [5.41, 5.74) is 14.5. The molecule has 0 radical (unpaired) electrons. The second kappa shape index (κ2) is 15.1. The summed E-state index contributed by atoms with van der Waals surface area (Å²) >= 11 is 0. The lowest BCUT2D eigenvalue weighted by Crippen LogP contribution is -2.25. The van der Waals surface area contributed by atoms with Gasteiger partial charge >= 0.3 is 0 Å². The maximum atomic E-state index is 5.19. The van der Waals surface area contributed by atoms with E-state index in [0.717, 1.165) is 39.6 Å². The van der Waals surface area contributed by atoms with Crippen LogP contribution in [0.1, 0.15) is 82.8 Å². The van der Waals surface area contributed by atoms with E-state index in [0.29, 0.717) is 0 Å². The molecule has 0 fully saturated rings. The van der Waals surface area contributed by atoms with Crippen LogP contribution in [0.2, 0.25) is 0 Å². The van der Waals surface area contributed by atoms with Gasteiger partial charge in [0.1, 0.15) is 0 Å². The average Bonchev–Trinajstić information content (AvgIpc) is 3.71. The lowest BCUT2D eigenvalue weighted by atomic mass is 9.70. The average molecular weight is 716 g/mol. The number of hydrogen-bond donors (Lipinski definition) is 0. The van der Waals surface area contributed by atoms with Gasteiger partial charge in [0, 0.05) is 38.6 Å². The summed E-state index contributed by atoms with van der Waals surface area (Å²) in [5.74, 6) is 0.723. The molecule has 1 aliphatic carbocycles. The number of unbranched alkanes of at least 4 members (excludes halogenated alkanes) is 5. The highest BCUT2D eigenvalue weighted by Crippen LogP contribution is 2.55. The fourth-order valence-electron chi connectivity index (χ4n) is 9.26. The van der Waals surface area contributed by atoms with E-state index >= 15 is 0 Å². The van der Waals surface area contributed by atoms with Gasteiger partial charge in [0.2, 0.25) is 0 Å². The Hall–Kier alpha value is -5.80. The Labute approximate surface area is 325 Å². The van der Waals surface area contributed by atoms with E-state index in [4.69, 9.17) is 9.97 Å². The lowest BCUT2D eigenvalue weighted by molar-refractivity contribution is 0.403. The van der Waals surface area contributed by atoms with Gasteiger partial charge < -0.3 is 4.57 Å². The molecule has 8 aromatic rings. The fraction of sp³-hybridized carbons (Fsp3) is 0.231. The van der Waals surface area contributed by atoms with E-state index in [1.54, 1.807) is 0 Å². The highest BCUT2D eigenvalue weighted by atomic mass is 15.0. The van der Waals surface area contributed by atoms with Crippen molar-refractivity contribution >= 4 is 21.8 Å². The zero-order chi connectivity index (χ0) is 37.2. The van der Waals surface area contributed by atoms with E-state index in [1.807, 2.05) is 0 Å². The Morgan fingerprint density at radius 1 is 0.455 bits per heavy atom. The van der Waals surface area contributed by atoms with Crippen molar-refractivity contribution in [2.45, 2.75) is 77.0 Å². The Bertz CT molecular complexity index is 2540. The third-order valence-electron chi connectivity index (χ3n) is 12.0. The predicted molar refractivity (Wildman–Crippen MR) is 232 cm³/mol. The summed E-state index contributed by atoms with van der Waals surface area (Å²) in [7, 11) is 0. The van der Waals surface area contributed by atoms with Crippen LogP contribution in [0.5, 0.6) is 0 Å². The fourth-order valence-corrected chi connectivity index (χ4v) is 9.26. The van der Waals surface area contributed by atoms with Crippen LogP contribution >= 0.6 is 0 Å². The Morgan fingerprint density at radius 3 is 1.80 bits per heavy atom. The first-order chi connectivity index (χ1) is 27.2. The molecule has 2 aromatic heterocycles. The highest BCUT2D eigenvalue weighted by Gasteiger charge is 2.42. The van der Waals surface area contributed by atoms with Crippen molar-refractivity contribution in [2.24, 2.45) is 0 Å². The van der Waals surface area contributed by atoms with Gasteiger partial charge in [0.25, 0.3) is 0 Å². The molecule has 0 saturated heterocycles. The van der Waals surface area contributed by atoms with Gasteiger partial charge in [-0.15, -0.1) is 0 Å². The van der Waals surface area contributed by atoms with Crippen LogP contribution in [-0.2, 0) is 5.41 Å². The van der Waals surface area contributed by atoms with Gasteiger partial charge in [-0.1, -0.05) is 174 Å². The standard InChI is InChI=1S/C52H49N3/c1-3-5-7-19-32-52(31-18-6-4-2)45-29-16-14-27-41(45)43-34-44-42-28-15-17-30-49(42)55(50(44)35-46(43)52)40-26-20-25-39(33-40)51-53-47(37-21-10-8-11-22-37)36-48(54-51)38-23-12-9-13-24-38/h8-17,20-30,33-36H,3-7,18-19,31-32H2,1-2H3. The van der Waals surface area contributed by atoms with Crippen molar-refractivity contribution in [3.05, 3.63) is 163 Å². The smallest absolute Gasteiger partial charge is 0.160 e. The van der Waals surface area contributed by atoms with Gasteiger partial charge in [-0.3, -0.25) is 0 Å². The molecule has 272 valence electrons. The summed E-state index contributed by atoms with van der Waals surface area (Å²) in [6.07, 6.45) is 11.2. The van der Waals surface area contributed by atoms with Gasteiger partial charge in [-0.25, -0.2) is 9.97 Å². The summed E-state index contributed by atoms with van der Waals surface area (Å²) < 4.78 is 2.49. The molecule has 3 heteroatoms. The molecule has 0 aliphatic heterocycles. The third-order valence-corrected chi connectivity index (χ3v) is 12.0. The summed E-state index contributed by atoms with van der Waals surface area (Å²) in [6, 6.07) is 55.2. The maximum absolute atomic E-state index is 5.19. The maximum Gasteiger partial charge on any atom is 0.160 e. The van der Waals surface area contributed by atoms with Crippen LogP contribution in [0.4, 0.5) is 0 Å². The second-order valence-corrected chi connectivity index (χ2v) is 15.4. The van der Waals surface area contributed by atoms with Gasteiger partial charge in [0.05, 0.1) is 22.4 Å². The highest BCUT2D eigenvalue weighted by molar-refractivity contribution is 6.11. The Kier molecular flexibility index (Phi) is 9.62. The topological polar surface area (TPSA) is 30.7 Å². The van der Waals surface area contributed by atoms with E-state index < -0.39 is 0 Å². The summed E-state index contributed by atoms with van der Waals surface area (Å²) in [5, 5.41) is 2.59. The number of rotatable bonds is 13. The van der Waals surface area contributed by atoms with Crippen LogP contribution in [0.25, 0.3) is 72.5 Å². The molecule has 6 aromatic carbocycles. The van der Waals surface area contributed by atoms with Crippen LogP contribution in [0.3, 0.4) is 0 Å². The largest absolute Gasteiger partial charge is 0.309 e. The van der Waals surface area contributed by atoms with Gasteiger partial charge in [0.15, 0.2) is 5.82 Å². The molecule has 9 rings (SSSR count). The van der Waals surface area contributed by atoms with Crippen molar-refractivity contribution < 1.29 is 0 Å². The first-order valence-electron chi connectivity index (χ1n) is 20.5. The third kappa shape index (κ3) is 6.36. The van der Waals surface area contributed by atoms with E-state index in [9.17, 15) is 0 Å². The number of benzene rings is 6. The minimum absolute atomic E-state index is 0.0196. The monoisotopic (exact) mass is 715 g/mol. The number of para-hydroxylation sites is 1. The summed E-state index contributed by atoms with van der Waals surface area (Å²) in [6.45, 7) is 4.64. The second-order valence-electron chi connectivity index (χ2n) is 15.4. The molecule has 1 unspecified atom stereocenters. The molecule has 1 atom stereocenters. The Morgan fingerprint density at radius 2 is 1.07 bits per heavy atom.